The van der Waals surface area contributed by atoms with Crippen molar-refractivity contribution in [3.63, 3.8) is 0 Å². The molecule has 0 aromatic heterocycles. The summed E-state index contributed by atoms with van der Waals surface area (Å²) in [6.45, 7) is 2.90. The van der Waals surface area contributed by atoms with Gasteiger partial charge in [-0.2, -0.15) is 0 Å². The van der Waals surface area contributed by atoms with Crippen molar-refractivity contribution in [1.29, 1.82) is 0 Å². The van der Waals surface area contributed by atoms with Crippen molar-refractivity contribution in [2.45, 2.75) is 13.0 Å². The van der Waals surface area contributed by atoms with Crippen molar-refractivity contribution < 1.29 is 5.11 Å². The lowest BCUT2D eigenvalue weighted by Crippen LogP contribution is -2.21. The standard InChI is InChI=1S/C10H14BrNO/c1-8(12-6-7-13)9-2-4-10(11)5-3-9/h2-5,8,12-13H,6-7H2,1H3. The molecule has 0 spiro atoms. The van der Waals surface area contributed by atoms with E-state index in [0.717, 1.165) is 4.47 Å². The van der Waals surface area contributed by atoms with E-state index >= 15 is 0 Å². The zero-order valence-corrected chi connectivity index (χ0v) is 9.21. The SMILES string of the molecule is CC(NCCO)c1ccc(Br)cc1. The maximum atomic E-state index is 8.64. The summed E-state index contributed by atoms with van der Waals surface area (Å²) >= 11 is 3.39. The molecule has 0 saturated carbocycles. The molecule has 0 heterocycles. The minimum atomic E-state index is 0.181. The lowest BCUT2D eigenvalue weighted by atomic mass is 10.1. The van der Waals surface area contributed by atoms with E-state index in [1.807, 2.05) is 12.1 Å². The Morgan fingerprint density at radius 1 is 1.38 bits per heavy atom. The molecule has 2 N–H and O–H groups in total. The zero-order chi connectivity index (χ0) is 9.68. The van der Waals surface area contributed by atoms with E-state index in [0.29, 0.717) is 12.6 Å². The van der Waals surface area contributed by atoms with Gasteiger partial charge in [0, 0.05) is 17.1 Å². The molecule has 1 aromatic rings. The average molecular weight is 244 g/mol. The van der Waals surface area contributed by atoms with Gasteiger partial charge in [0.25, 0.3) is 0 Å². The van der Waals surface area contributed by atoms with Crippen molar-refractivity contribution in [2.24, 2.45) is 0 Å². The van der Waals surface area contributed by atoms with E-state index < -0.39 is 0 Å². The second-order valence-electron chi connectivity index (χ2n) is 2.95. The third-order valence-electron chi connectivity index (χ3n) is 1.93. The van der Waals surface area contributed by atoms with Crippen LogP contribution in [0, 0.1) is 0 Å². The Labute approximate surface area is 87.1 Å². The van der Waals surface area contributed by atoms with Crippen molar-refractivity contribution >= 4 is 15.9 Å². The number of hydrogen-bond donors (Lipinski definition) is 2. The molecule has 0 amide bonds. The highest BCUT2D eigenvalue weighted by Gasteiger charge is 2.02. The number of benzene rings is 1. The number of nitrogens with one attached hydrogen (secondary N) is 1. The quantitative estimate of drug-likeness (QED) is 0.850. The third-order valence-corrected chi connectivity index (χ3v) is 2.46. The predicted molar refractivity (Wildman–Crippen MR) is 57.6 cm³/mol. The first kappa shape index (κ1) is 10.7. The molecule has 0 aliphatic heterocycles. The van der Waals surface area contributed by atoms with Gasteiger partial charge in [0.15, 0.2) is 0 Å². The molecule has 1 aromatic carbocycles. The monoisotopic (exact) mass is 243 g/mol. The van der Waals surface area contributed by atoms with Gasteiger partial charge in [-0.3, -0.25) is 0 Å². The average Bonchev–Trinajstić information content (AvgIpc) is 2.15. The van der Waals surface area contributed by atoms with Crippen LogP contribution in [-0.4, -0.2) is 18.3 Å². The summed E-state index contributed by atoms with van der Waals surface area (Å²) in [7, 11) is 0. The van der Waals surface area contributed by atoms with Gasteiger partial charge < -0.3 is 10.4 Å². The van der Waals surface area contributed by atoms with Gasteiger partial charge >= 0.3 is 0 Å². The highest BCUT2D eigenvalue weighted by molar-refractivity contribution is 9.10. The highest BCUT2D eigenvalue weighted by atomic mass is 79.9. The molecule has 0 aliphatic carbocycles. The van der Waals surface area contributed by atoms with Gasteiger partial charge in [0.2, 0.25) is 0 Å². The number of rotatable bonds is 4. The minimum absolute atomic E-state index is 0.181. The van der Waals surface area contributed by atoms with Crippen LogP contribution in [0.2, 0.25) is 0 Å². The molecule has 0 aliphatic rings. The summed E-state index contributed by atoms with van der Waals surface area (Å²) in [5.74, 6) is 0. The van der Waals surface area contributed by atoms with Crippen molar-refractivity contribution in [2.75, 3.05) is 13.2 Å². The zero-order valence-electron chi connectivity index (χ0n) is 7.63. The lowest BCUT2D eigenvalue weighted by molar-refractivity contribution is 0.286. The smallest absolute Gasteiger partial charge is 0.0556 e. The van der Waals surface area contributed by atoms with Crippen LogP contribution in [0.1, 0.15) is 18.5 Å². The number of hydrogen-bond acceptors (Lipinski definition) is 2. The minimum Gasteiger partial charge on any atom is -0.395 e. The van der Waals surface area contributed by atoms with Crippen molar-refractivity contribution in [3.8, 4) is 0 Å². The molecule has 0 saturated heterocycles. The van der Waals surface area contributed by atoms with Crippen LogP contribution in [0.5, 0.6) is 0 Å². The first-order valence-electron chi connectivity index (χ1n) is 4.33. The van der Waals surface area contributed by atoms with Gasteiger partial charge in [0.1, 0.15) is 0 Å². The van der Waals surface area contributed by atoms with Crippen LogP contribution < -0.4 is 5.32 Å². The Hall–Kier alpha value is -0.380. The van der Waals surface area contributed by atoms with E-state index in [1.54, 1.807) is 0 Å². The fraction of sp³-hybridized carbons (Fsp3) is 0.400. The summed E-state index contributed by atoms with van der Waals surface area (Å²) in [6.07, 6.45) is 0. The van der Waals surface area contributed by atoms with E-state index in [2.05, 4.69) is 40.3 Å². The maximum Gasteiger partial charge on any atom is 0.0556 e. The van der Waals surface area contributed by atoms with Crippen LogP contribution in [0.3, 0.4) is 0 Å². The largest absolute Gasteiger partial charge is 0.395 e. The van der Waals surface area contributed by atoms with Gasteiger partial charge in [-0.05, 0) is 24.6 Å². The van der Waals surface area contributed by atoms with Gasteiger partial charge in [-0.25, -0.2) is 0 Å². The molecule has 1 rings (SSSR count). The molecule has 0 fully saturated rings. The van der Waals surface area contributed by atoms with Crippen molar-refractivity contribution in [1.82, 2.24) is 5.32 Å². The number of aliphatic hydroxyl groups is 1. The first-order chi connectivity index (χ1) is 6.24. The molecule has 0 bridgehead atoms. The molecule has 1 atom stereocenters. The van der Waals surface area contributed by atoms with E-state index in [9.17, 15) is 0 Å². The number of aliphatic hydroxyl groups excluding tert-OH is 1. The normalized spacial score (nSPS) is 12.8. The summed E-state index contributed by atoms with van der Waals surface area (Å²) < 4.78 is 1.09. The Bertz CT molecular complexity index is 248. The Morgan fingerprint density at radius 2 is 2.00 bits per heavy atom. The molecular weight excluding hydrogens is 230 g/mol. The molecule has 72 valence electrons. The second-order valence-corrected chi connectivity index (χ2v) is 3.87. The lowest BCUT2D eigenvalue weighted by Gasteiger charge is -2.12. The molecular formula is C10H14BrNO. The highest BCUT2D eigenvalue weighted by Crippen LogP contribution is 2.15. The summed E-state index contributed by atoms with van der Waals surface area (Å²) in [4.78, 5) is 0. The summed E-state index contributed by atoms with van der Waals surface area (Å²) in [6, 6.07) is 8.47. The van der Waals surface area contributed by atoms with Gasteiger partial charge in [-0.15, -0.1) is 0 Å². The Balaban J connectivity index is 2.55. The second kappa shape index (κ2) is 5.37. The number of halogens is 1. The van der Waals surface area contributed by atoms with Crippen LogP contribution >= 0.6 is 15.9 Å². The summed E-state index contributed by atoms with van der Waals surface area (Å²) in [5.41, 5.74) is 1.23. The van der Waals surface area contributed by atoms with Crippen LogP contribution in [-0.2, 0) is 0 Å². The fourth-order valence-corrected chi connectivity index (χ4v) is 1.41. The Morgan fingerprint density at radius 3 is 2.54 bits per heavy atom. The molecule has 13 heavy (non-hydrogen) atoms. The maximum absolute atomic E-state index is 8.64. The van der Waals surface area contributed by atoms with Crippen LogP contribution in [0.25, 0.3) is 0 Å². The Kier molecular flexibility index (Phi) is 4.42. The molecule has 1 unspecified atom stereocenters. The summed E-state index contributed by atoms with van der Waals surface area (Å²) in [5, 5.41) is 11.8. The van der Waals surface area contributed by atoms with Crippen LogP contribution in [0.15, 0.2) is 28.7 Å². The van der Waals surface area contributed by atoms with Crippen molar-refractivity contribution in [3.05, 3.63) is 34.3 Å². The molecule has 3 heteroatoms. The van der Waals surface area contributed by atoms with E-state index in [-0.39, 0.29) is 6.61 Å². The molecule has 0 radical (unpaired) electrons. The van der Waals surface area contributed by atoms with E-state index in [1.165, 1.54) is 5.56 Å². The third kappa shape index (κ3) is 3.46. The predicted octanol–water partition coefficient (Wildman–Crippen LogP) is 2.09. The van der Waals surface area contributed by atoms with E-state index in [4.69, 9.17) is 5.11 Å². The topological polar surface area (TPSA) is 32.3 Å². The molecule has 2 nitrogen and oxygen atoms in total. The first-order valence-corrected chi connectivity index (χ1v) is 5.13. The van der Waals surface area contributed by atoms with Gasteiger partial charge in [0.05, 0.1) is 6.61 Å². The fourth-order valence-electron chi connectivity index (χ4n) is 1.15. The van der Waals surface area contributed by atoms with Gasteiger partial charge in [-0.1, -0.05) is 28.1 Å². The van der Waals surface area contributed by atoms with Crippen LogP contribution in [0.4, 0.5) is 0 Å².